The van der Waals surface area contributed by atoms with Crippen molar-refractivity contribution in [1.29, 1.82) is 0 Å². The molecule has 0 amide bonds. The van der Waals surface area contributed by atoms with E-state index in [1.807, 2.05) is 24.3 Å². The molecule has 3 atom stereocenters. The lowest BCUT2D eigenvalue weighted by Crippen LogP contribution is -2.53. The van der Waals surface area contributed by atoms with Crippen molar-refractivity contribution in [3.63, 3.8) is 0 Å². The quantitative estimate of drug-likeness (QED) is 0.168. The molecule has 4 N–H and O–H groups in total. The molecule has 0 aliphatic carbocycles. The average molecular weight is 568 g/mol. The second kappa shape index (κ2) is 13.4. The van der Waals surface area contributed by atoms with Crippen molar-refractivity contribution in [3.8, 4) is 0 Å². The fourth-order valence-electron chi connectivity index (χ4n) is 6.04. The molecule has 1 heterocycles. The molecule has 3 unspecified atom stereocenters. The van der Waals surface area contributed by atoms with Gasteiger partial charge < -0.3 is 20.4 Å². The lowest BCUT2D eigenvalue weighted by molar-refractivity contribution is -0.174. The van der Waals surface area contributed by atoms with E-state index >= 15 is 0 Å². The van der Waals surface area contributed by atoms with Crippen molar-refractivity contribution in [2.45, 2.75) is 70.6 Å². The molecule has 0 saturated carbocycles. The van der Waals surface area contributed by atoms with E-state index in [1.165, 1.54) is 23.1 Å². The standard InChI is InChI=1S/C27H37NO8S2/c1-5-26(6-2,27(7-3,8-4)24(35)36)18(23(33)34)14-16(21(29)30)13-17(22(31)32)15-37-25-28-19-11-9-10-12-20(19)38-25/h9-12,16-18H,5-8,13-15H2,1-4H3,(H,29,30)(H,31,32)(H,33,34)(H,35,36). The lowest BCUT2D eigenvalue weighted by Gasteiger charge is -2.50. The Morgan fingerprint density at radius 2 is 1.42 bits per heavy atom. The molecule has 38 heavy (non-hydrogen) atoms. The van der Waals surface area contributed by atoms with E-state index in [2.05, 4.69) is 4.98 Å². The maximum absolute atomic E-state index is 12.6. The Morgan fingerprint density at radius 1 is 0.842 bits per heavy atom. The van der Waals surface area contributed by atoms with Crippen molar-refractivity contribution in [2.24, 2.45) is 28.6 Å². The third-order valence-corrected chi connectivity index (χ3v) is 10.6. The first kappa shape index (κ1) is 31.6. The van der Waals surface area contributed by atoms with Crippen LogP contribution in [0.3, 0.4) is 0 Å². The Kier molecular flexibility index (Phi) is 11.1. The molecule has 210 valence electrons. The van der Waals surface area contributed by atoms with Gasteiger partial charge in [0.2, 0.25) is 0 Å². The van der Waals surface area contributed by atoms with E-state index in [1.54, 1.807) is 27.7 Å². The molecular formula is C27H37NO8S2. The number of benzene rings is 1. The molecule has 11 heteroatoms. The average Bonchev–Trinajstić information content (AvgIpc) is 3.29. The number of rotatable bonds is 17. The fourth-order valence-corrected chi connectivity index (χ4v) is 8.23. The molecule has 0 aliphatic heterocycles. The third-order valence-electron chi connectivity index (χ3n) is 8.27. The van der Waals surface area contributed by atoms with E-state index in [4.69, 9.17) is 0 Å². The zero-order chi connectivity index (χ0) is 28.7. The summed E-state index contributed by atoms with van der Waals surface area (Å²) >= 11 is 2.65. The van der Waals surface area contributed by atoms with Crippen molar-refractivity contribution < 1.29 is 39.6 Å². The van der Waals surface area contributed by atoms with Gasteiger partial charge in [-0.1, -0.05) is 51.6 Å². The number of thioether (sulfide) groups is 1. The van der Waals surface area contributed by atoms with Crippen LogP contribution in [0.2, 0.25) is 0 Å². The summed E-state index contributed by atoms with van der Waals surface area (Å²) in [5.74, 6) is -8.35. The highest BCUT2D eigenvalue weighted by Gasteiger charge is 2.58. The highest BCUT2D eigenvalue weighted by Crippen LogP contribution is 2.56. The first-order valence-corrected chi connectivity index (χ1v) is 14.6. The second-order valence-electron chi connectivity index (χ2n) is 9.65. The summed E-state index contributed by atoms with van der Waals surface area (Å²) in [6.45, 7) is 6.91. The summed E-state index contributed by atoms with van der Waals surface area (Å²) in [4.78, 5) is 54.1. The summed E-state index contributed by atoms with van der Waals surface area (Å²) in [6.07, 6.45) is 0.232. The molecule has 0 spiro atoms. The summed E-state index contributed by atoms with van der Waals surface area (Å²) in [7, 11) is 0. The highest BCUT2D eigenvalue weighted by molar-refractivity contribution is 8.01. The zero-order valence-corrected chi connectivity index (χ0v) is 23.8. The monoisotopic (exact) mass is 567 g/mol. The Balaban J connectivity index is 2.36. The Morgan fingerprint density at radius 3 is 1.87 bits per heavy atom. The van der Waals surface area contributed by atoms with Crippen LogP contribution in [-0.2, 0) is 19.2 Å². The van der Waals surface area contributed by atoms with Crippen LogP contribution in [-0.4, -0.2) is 55.0 Å². The number of carboxylic acid groups (broad SMARTS) is 4. The van der Waals surface area contributed by atoms with Gasteiger partial charge in [-0.05, 0) is 56.1 Å². The highest BCUT2D eigenvalue weighted by atomic mass is 32.2. The molecule has 0 fully saturated rings. The van der Waals surface area contributed by atoms with Crippen molar-refractivity contribution in [2.75, 3.05) is 5.75 Å². The maximum Gasteiger partial charge on any atom is 0.310 e. The van der Waals surface area contributed by atoms with Gasteiger partial charge in [0, 0.05) is 5.75 Å². The van der Waals surface area contributed by atoms with Crippen LogP contribution >= 0.6 is 23.1 Å². The molecule has 2 aromatic rings. The van der Waals surface area contributed by atoms with Gasteiger partial charge in [-0.25, -0.2) is 4.98 Å². The van der Waals surface area contributed by atoms with Gasteiger partial charge >= 0.3 is 23.9 Å². The second-order valence-corrected chi connectivity index (χ2v) is 11.9. The van der Waals surface area contributed by atoms with E-state index in [-0.39, 0.29) is 44.3 Å². The van der Waals surface area contributed by atoms with Crippen molar-refractivity contribution in [1.82, 2.24) is 4.98 Å². The smallest absolute Gasteiger partial charge is 0.310 e. The molecule has 9 nitrogen and oxygen atoms in total. The van der Waals surface area contributed by atoms with E-state index in [9.17, 15) is 39.6 Å². The number of hydrogen-bond donors (Lipinski definition) is 4. The predicted octanol–water partition coefficient (Wildman–Crippen LogP) is 5.97. The molecule has 0 radical (unpaired) electrons. The third kappa shape index (κ3) is 6.31. The van der Waals surface area contributed by atoms with Crippen molar-refractivity contribution in [3.05, 3.63) is 24.3 Å². The van der Waals surface area contributed by atoms with Crippen LogP contribution in [0, 0.1) is 28.6 Å². The van der Waals surface area contributed by atoms with Crippen LogP contribution in [0.5, 0.6) is 0 Å². The maximum atomic E-state index is 12.6. The summed E-state index contributed by atoms with van der Waals surface area (Å²) in [5.41, 5.74) is -1.78. The summed E-state index contributed by atoms with van der Waals surface area (Å²) in [6, 6.07) is 7.51. The topological polar surface area (TPSA) is 162 Å². The number of aliphatic carboxylic acids is 4. The molecular weight excluding hydrogens is 530 g/mol. The number of para-hydroxylation sites is 1. The van der Waals surface area contributed by atoms with E-state index < -0.39 is 52.5 Å². The summed E-state index contributed by atoms with van der Waals surface area (Å²) in [5, 5.41) is 40.5. The molecule has 1 aromatic carbocycles. The fraction of sp³-hybridized carbons (Fsp3) is 0.593. The van der Waals surface area contributed by atoms with Crippen LogP contribution < -0.4 is 0 Å². The molecule has 0 saturated heterocycles. The van der Waals surface area contributed by atoms with Crippen LogP contribution in [0.4, 0.5) is 0 Å². The van der Waals surface area contributed by atoms with E-state index in [0.717, 1.165) is 10.2 Å². The number of hydrogen-bond acceptors (Lipinski definition) is 7. The Bertz CT molecular complexity index is 1110. The minimum absolute atomic E-state index is 0.0757. The van der Waals surface area contributed by atoms with Gasteiger partial charge in [-0.2, -0.15) is 0 Å². The summed E-state index contributed by atoms with van der Waals surface area (Å²) < 4.78 is 1.62. The van der Waals surface area contributed by atoms with Gasteiger partial charge in [0.25, 0.3) is 0 Å². The minimum Gasteiger partial charge on any atom is -0.481 e. The van der Waals surface area contributed by atoms with Gasteiger partial charge in [0.05, 0.1) is 33.4 Å². The number of carbonyl (C=O) groups is 4. The van der Waals surface area contributed by atoms with E-state index in [0.29, 0.717) is 4.34 Å². The van der Waals surface area contributed by atoms with Crippen LogP contribution in [0.1, 0.15) is 66.2 Å². The number of fused-ring (bicyclic) bond motifs is 1. The molecule has 1 aromatic heterocycles. The predicted molar refractivity (Wildman–Crippen MR) is 147 cm³/mol. The first-order valence-electron chi connectivity index (χ1n) is 12.8. The zero-order valence-electron chi connectivity index (χ0n) is 22.2. The minimum atomic E-state index is -1.36. The number of thiazole rings is 1. The Labute approximate surface area is 230 Å². The molecule has 0 bridgehead atoms. The first-order chi connectivity index (χ1) is 17.9. The number of nitrogens with zero attached hydrogens (tertiary/aromatic N) is 1. The van der Waals surface area contributed by atoms with Crippen LogP contribution in [0.15, 0.2) is 28.6 Å². The molecule has 0 aliphatic rings. The number of carboxylic acids is 4. The SMILES string of the molecule is CCC(CC)(C(=O)O)C(CC)(CC)C(CC(CC(CSc1nc2ccccc2s1)C(=O)O)C(=O)O)C(=O)O. The van der Waals surface area contributed by atoms with Gasteiger partial charge in [0.15, 0.2) is 4.34 Å². The molecule has 2 rings (SSSR count). The normalized spacial score (nSPS) is 14.6. The number of aromatic nitrogens is 1. The van der Waals surface area contributed by atoms with Crippen LogP contribution in [0.25, 0.3) is 10.2 Å². The Hall–Kier alpha value is -2.66. The van der Waals surface area contributed by atoms with Gasteiger partial charge in [0.1, 0.15) is 0 Å². The largest absolute Gasteiger partial charge is 0.481 e. The van der Waals surface area contributed by atoms with Crippen molar-refractivity contribution >= 4 is 57.2 Å². The lowest BCUT2D eigenvalue weighted by atomic mass is 9.51. The van der Waals surface area contributed by atoms with Gasteiger partial charge in [-0.15, -0.1) is 11.3 Å². The van der Waals surface area contributed by atoms with Gasteiger partial charge in [-0.3, -0.25) is 19.2 Å².